The molecule has 0 amide bonds. The van der Waals surface area contributed by atoms with Crippen LogP contribution >= 0.6 is 23.4 Å². The van der Waals surface area contributed by atoms with Gasteiger partial charge in [0.05, 0.1) is 5.02 Å². The molecule has 0 spiro atoms. The number of benzene rings is 1. The standard InChI is InChI=1S/C14H12ClNOS/c1-9-5-10(2)16-14(6-9)18-12-4-3-11(8-17)13(15)7-12/h3-8H,1-2H3. The van der Waals surface area contributed by atoms with Crippen LogP contribution in [0.4, 0.5) is 0 Å². The smallest absolute Gasteiger partial charge is 0.151 e. The predicted molar refractivity (Wildman–Crippen MR) is 74.7 cm³/mol. The molecule has 0 bridgehead atoms. The van der Waals surface area contributed by atoms with Crippen molar-refractivity contribution in [2.45, 2.75) is 23.8 Å². The van der Waals surface area contributed by atoms with Crippen LogP contribution in [-0.2, 0) is 0 Å². The summed E-state index contributed by atoms with van der Waals surface area (Å²) >= 11 is 7.53. The van der Waals surface area contributed by atoms with E-state index in [1.165, 1.54) is 17.3 Å². The Hall–Kier alpha value is -1.32. The molecule has 2 nitrogen and oxygen atoms in total. The fraction of sp³-hybridized carbons (Fsp3) is 0.143. The highest BCUT2D eigenvalue weighted by Crippen LogP contribution is 2.30. The van der Waals surface area contributed by atoms with Gasteiger partial charge in [-0.25, -0.2) is 4.98 Å². The third-order valence-electron chi connectivity index (χ3n) is 2.40. The molecule has 0 fully saturated rings. The molecule has 2 aromatic rings. The summed E-state index contributed by atoms with van der Waals surface area (Å²) < 4.78 is 0. The molecule has 18 heavy (non-hydrogen) atoms. The van der Waals surface area contributed by atoms with Crippen molar-refractivity contribution < 1.29 is 4.79 Å². The summed E-state index contributed by atoms with van der Waals surface area (Å²) in [7, 11) is 0. The lowest BCUT2D eigenvalue weighted by atomic mass is 10.2. The molecule has 0 radical (unpaired) electrons. The number of rotatable bonds is 3. The normalized spacial score (nSPS) is 10.4. The number of aromatic nitrogens is 1. The van der Waals surface area contributed by atoms with E-state index in [0.717, 1.165) is 21.9 Å². The Balaban J connectivity index is 2.28. The van der Waals surface area contributed by atoms with E-state index in [0.29, 0.717) is 10.6 Å². The molecule has 0 saturated carbocycles. The second-order valence-corrected chi connectivity index (χ2v) is 5.53. The maximum Gasteiger partial charge on any atom is 0.151 e. The number of aryl methyl sites for hydroxylation is 2. The Labute approximate surface area is 115 Å². The van der Waals surface area contributed by atoms with E-state index in [1.807, 2.05) is 32.0 Å². The Morgan fingerprint density at radius 3 is 2.61 bits per heavy atom. The number of nitrogens with zero attached hydrogens (tertiary/aromatic N) is 1. The van der Waals surface area contributed by atoms with Crippen molar-refractivity contribution in [2.75, 3.05) is 0 Å². The number of pyridine rings is 1. The van der Waals surface area contributed by atoms with Gasteiger partial charge in [-0.05, 0) is 49.7 Å². The molecule has 0 atom stereocenters. The third kappa shape index (κ3) is 3.12. The van der Waals surface area contributed by atoms with Gasteiger partial charge in [0.2, 0.25) is 0 Å². The molecule has 0 unspecified atom stereocenters. The molecular weight excluding hydrogens is 266 g/mol. The highest BCUT2D eigenvalue weighted by Gasteiger charge is 2.04. The Morgan fingerprint density at radius 2 is 2.00 bits per heavy atom. The van der Waals surface area contributed by atoms with Crippen LogP contribution in [0.1, 0.15) is 21.6 Å². The van der Waals surface area contributed by atoms with Crippen molar-refractivity contribution in [3.8, 4) is 0 Å². The molecule has 1 heterocycles. The molecule has 4 heteroatoms. The first kappa shape index (κ1) is 13.1. The average Bonchev–Trinajstić information content (AvgIpc) is 2.27. The Bertz CT molecular complexity index is 578. The van der Waals surface area contributed by atoms with E-state index >= 15 is 0 Å². The number of aldehydes is 1. The summed E-state index contributed by atoms with van der Waals surface area (Å²) in [6, 6.07) is 9.45. The summed E-state index contributed by atoms with van der Waals surface area (Å²) in [6.45, 7) is 4.01. The van der Waals surface area contributed by atoms with E-state index in [1.54, 1.807) is 12.1 Å². The van der Waals surface area contributed by atoms with Crippen LogP contribution in [0.25, 0.3) is 0 Å². The van der Waals surface area contributed by atoms with Gasteiger partial charge in [-0.15, -0.1) is 0 Å². The predicted octanol–water partition coefficient (Wildman–Crippen LogP) is 4.32. The average molecular weight is 278 g/mol. The van der Waals surface area contributed by atoms with Crippen LogP contribution in [0.15, 0.2) is 40.3 Å². The molecule has 0 aliphatic heterocycles. The van der Waals surface area contributed by atoms with Crippen LogP contribution in [0.5, 0.6) is 0 Å². The maximum absolute atomic E-state index is 10.7. The SMILES string of the molecule is Cc1cc(C)nc(Sc2ccc(C=O)c(Cl)c2)c1. The van der Waals surface area contributed by atoms with Gasteiger partial charge >= 0.3 is 0 Å². The lowest BCUT2D eigenvalue weighted by molar-refractivity contribution is 0.112. The lowest BCUT2D eigenvalue weighted by Gasteiger charge is -2.05. The zero-order chi connectivity index (χ0) is 13.1. The third-order valence-corrected chi connectivity index (χ3v) is 3.63. The van der Waals surface area contributed by atoms with Crippen LogP contribution in [0.3, 0.4) is 0 Å². The van der Waals surface area contributed by atoms with E-state index in [-0.39, 0.29) is 0 Å². The first-order valence-electron chi connectivity index (χ1n) is 5.46. The van der Waals surface area contributed by atoms with Crippen molar-refractivity contribution in [3.63, 3.8) is 0 Å². The molecule has 92 valence electrons. The lowest BCUT2D eigenvalue weighted by Crippen LogP contribution is -1.87. The van der Waals surface area contributed by atoms with Gasteiger partial charge < -0.3 is 0 Å². The van der Waals surface area contributed by atoms with E-state index in [4.69, 9.17) is 11.6 Å². The van der Waals surface area contributed by atoms with E-state index in [2.05, 4.69) is 4.98 Å². The minimum atomic E-state index is 0.472. The minimum absolute atomic E-state index is 0.472. The summed E-state index contributed by atoms with van der Waals surface area (Å²) in [4.78, 5) is 16.1. The Kier molecular flexibility index (Phi) is 4.04. The summed E-state index contributed by atoms with van der Waals surface area (Å²) in [6.07, 6.45) is 0.756. The van der Waals surface area contributed by atoms with Crippen molar-refractivity contribution in [1.82, 2.24) is 4.98 Å². The zero-order valence-corrected chi connectivity index (χ0v) is 11.7. The summed E-state index contributed by atoms with van der Waals surface area (Å²) in [5.41, 5.74) is 2.68. The molecule has 1 aromatic carbocycles. The van der Waals surface area contributed by atoms with Crippen LogP contribution < -0.4 is 0 Å². The Morgan fingerprint density at radius 1 is 1.22 bits per heavy atom. The first-order valence-corrected chi connectivity index (χ1v) is 6.66. The van der Waals surface area contributed by atoms with Crippen LogP contribution in [0, 0.1) is 13.8 Å². The van der Waals surface area contributed by atoms with Crippen molar-refractivity contribution in [3.05, 3.63) is 52.2 Å². The van der Waals surface area contributed by atoms with Crippen molar-refractivity contribution >= 4 is 29.6 Å². The summed E-state index contributed by atoms with van der Waals surface area (Å²) in [5.74, 6) is 0. The van der Waals surface area contributed by atoms with Gasteiger partial charge in [-0.3, -0.25) is 4.79 Å². The topological polar surface area (TPSA) is 30.0 Å². The fourth-order valence-corrected chi connectivity index (χ4v) is 2.92. The van der Waals surface area contributed by atoms with Gasteiger partial charge in [-0.2, -0.15) is 0 Å². The van der Waals surface area contributed by atoms with Gasteiger partial charge in [0.1, 0.15) is 5.03 Å². The second kappa shape index (κ2) is 5.55. The fourth-order valence-electron chi connectivity index (χ4n) is 1.64. The quantitative estimate of drug-likeness (QED) is 0.783. The second-order valence-electron chi connectivity index (χ2n) is 4.03. The molecule has 0 aliphatic rings. The molecule has 0 N–H and O–H groups in total. The summed E-state index contributed by atoms with van der Waals surface area (Å²) in [5, 5.41) is 1.40. The number of carbonyl (C=O) groups is 1. The monoisotopic (exact) mass is 277 g/mol. The van der Waals surface area contributed by atoms with E-state index in [9.17, 15) is 4.79 Å². The first-order chi connectivity index (χ1) is 8.58. The maximum atomic E-state index is 10.7. The molecular formula is C14H12ClNOS. The highest BCUT2D eigenvalue weighted by molar-refractivity contribution is 7.99. The number of hydrogen-bond acceptors (Lipinski definition) is 3. The largest absolute Gasteiger partial charge is 0.298 e. The zero-order valence-electron chi connectivity index (χ0n) is 10.1. The molecule has 0 saturated heterocycles. The van der Waals surface area contributed by atoms with Gasteiger partial charge in [0.15, 0.2) is 6.29 Å². The van der Waals surface area contributed by atoms with Crippen molar-refractivity contribution in [2.24, 2.45) is 0 Å². The van der Waals surface area contributed by atoms with Crippen LogP contribution in [0.2, 0.25) is 5.02 Å². The van der Waals surface area contributed by atoms with E-state index < -0.39 is 0 Å². The molecule has 1 aromatic heterocycles. The molecule has 0 aliphatic carbocycles. The number of hydrogen-bond donors (Lipinski definition) is 0. The molecule has 2 rings (SSSR count). The van der Waals surface area contributed by atoms with Gasteiger partial charge in [0.25, 0.3) is 0 Å². The minimum Gasteiger partial charge on any atom is -0.298 e. The van der Waals surface area contributed by atoms with Gasteiger partial charge in [0, 0.05) is 16.2 Å². The number of halogens is 1. The van der Waals surface area contributed by atoms with Gasteiger partial charge in [-0.1, -0.05) is 23.4 Å². The van der Waals surface area contributed by atoms with Crippen LogP contribution in [-0.4, -0.2) is 11.3 Å². The van der Waals surface area contributed by atoms with Crippen molar-refractivity contribution in [1.29, 1.82) is 0 Å². The number of carbonyl (C=O) groups excluding carboxylic acids is 1. The highest BCUT2D eigenvalue weighted by atomic mass is 35.5.